The van der Waals surface area contributed by atoms with Crippen LogP contribution in [0.5, 0.6) is 5.75 Å². The molecule has 0 amide bonds. The van der Waals surface area contributed by atoms with Crippen molar-refractivity contribution in [3.05, 3.63) is 29.3 Å². The Bertz CT molecular complexity index is 367. The van der Waals surface area contributed by atoms with Gasteiger partial charge in [-0.05, 0) is 42.5 Å². The van der Waals surface area contributed by atoms with Gasteiger partial charge in [-0.3, -0.25) is 0 Å². The minimum Gasteiger partial charge on any atom is -0.497 e. The molecule has 2 heteroatoms. The molecule has 1 fully saturated rings. The molecule has 1 aliphatic heterocycles. The lowest BCUT2D eigenvalue weighted by Gasteiger charge is -2.22. The Kier molecular flexibility index (Phi) is 1.62. The summed E-state index contributed by atoms with van der Waals surface area (Å²) in [7, 11) is 1.71. The molecule has 1 aliphatic carbocycles. The van der Waals surface area contributed by atoms with E-state index in [1.807, 2.05) is 6.07 Å². The number of ether oxygens (including phenoxy) is 2. The molecule has 0 N–H and O–H groups in total. The summed E-state index contributed by atoms with van der Waals surface area (Å²) in [5.41, 5.74) is 2.87. The van der Waals surface area contributed by atoms with E-state index in [4.69, 9.17) is 9.47 Å². The van der Waals surface area contributed by atoms with E-state index < -0.39 is 0 Å². The van der Waals surface area contributed by atoms with Crippen LogP contribution in [-0.2, 0) is 16.8 Å². The minimum atomic E-state index is 0.0716. The van der Waals surface area contributed by atoms with Crippen LogP contribution in [0.1, 0.15) is 24.0 Å². The van der Waals surface area contributed by atoms with Crippen molar-refractivity contribution in [1.82, 2.24) is 0 Å². The summed E-state index contributed by atoms with van der Waals surface area (Å²) in [6.45, 7) is 0.896. The van der Waals surface area contributed by atoms with Crippen molar-refractivity contribution in [2.45, 2.75) is 24.9 Å². The summed E-state index contributed by atoms with van der Waals surface area (Å²) in [6.07, 6.45) is 3.61. The molecule has 1 aromatic carbocycles. The Morgan fingerprint density at radius 3 is 3.00 bits per heavy atom. The minimum absolute atomic E-state index is 0.0716. The topological polar surface area (TPSA) is 21.8 Å². The molecule has 74 valence electrons. The quantitative estimate of drug-likeness (QED) is 0.633. The molecule has 14 heavy (non-hydrogen) atoms. The van der Waals surface area contributed by atoms with Crippen LogP contribution in [0, 0.1) is 0 Å². The fraction of sp³-hybridized carbons (Fsp3) is 0.500. The van der Waals surface area contributed by atoms with E-state index in [1.165, 1.54) is 30.4 Å². The lowest BCUT2D eigenvalue weighted by Crippen LogP contribution is -2.17. The van der Waals surface area contributed by atoms with E-state index in [0.29, 0.717) is 0 Å². The van der Waals surface area contributed by atoms with Crippen LogP contribution >= 0.6 is 0 Å². The number of methoxy groups -OCH3 is 1. The Hall–Kier alpha value is -1.02. The highest BCUT2D eigenvalue weighted by molar-refractivity contribution is 5.43. The third kappa shape index (κ3) is 1.07. The first-order valence-electron chi connectivity index (χ1n) is 5.15. The molecule has 1 aromatic rings. The number of hydrogen-bond acceptors (Lipinski definition) is 2. The van der Waals surface area contributed by atoms with Gasteiger partial charge in [0.05, 0.1) is 13.7 Å². The molecule has 1 heterocycles. The van der Waals surface area contributed by atoms with Crippen LogP contribution in [0.15, 0.2) is 18.2 Å². The van der Waals surface area contributed by atoms with Crippen molar-refractivity contribution in [3.8, 4) is 5.75 Å². The van der Waals surface area contributed by atoms with Gasteiger partial charge in [0.25, 0.3) is 0 Å². The lowest BCUT2D eigenvalue weighted by atomic mass is 9.83. The monoisotopic (exact) mass is 190 g/mol. The normalized spacial score (nSPS) is 28.6. The van der Waals surface area contributed by atoms with Crippen LogP contribution < -0.4 is 4.74 Å². The lowest BCUT2D eigenvalue weighted by molar-refractivity contribution is 0.276. The zero-order valence-corrected chi connectivity index (χ0v) is 8.38. The average Bonchev–Trinajstić information content (AvgIpc) is 2.99. The smallest absolute Gasteiger partial charge is 0.119 e. The second-order valence-electron chi connectivity index (χ2n) is 4.16. The predicted molar refractivity (Wildman–Crippen MR) is 53.6 cm³/mol. The largest absolute Gasteiger partial charge is 0.497 e. The molecular weight excluding hydrogens is 176 g/mol. The van der Waals surface area contributed by atoms with Gasteiger partial charge in [0.15, 0.2) is 0 Å². The summed E-state index contributed by atoms with van der Waals surface area (Å²) in [4.78, 5) is 0. The van der Waals surface area contributed by atoms with Gasteiger partial charge in [-0.15, -0.1) is 0 Å². The van der Waals surface area contributed by atoms with Crippen LogP contribution in [0.4, 0.5) is 0 Å². The van der Waals surface area contributed by atoms with Crippen molar-refractivity contribution in [3.63, 3.8) is 0 Å². The number of hydrogen-bond donors (Lipinski definition) is 0. The molecule has 2 nitrogen and oxygen atoms in total. The van der Waals surface area contributed by atoms with Gasteiger partial charge in [-0.2, -0.15) is 0 Å². The van der Waals surface area contributed by atoms with Crippen molar-refractivity contribution in [1.29, 1.82) is 0 Å². The van der Waals surface area contributed by atoms with Crippen molar-refractivity contribution in [2.75, 3.05) is 13.7 Å². The van der Waals surface area contributed by atoms with E-state index in [0.717, 1.165) is 12.4 Å². The molecule has 1 saturated heterocycles. The van der Waals surface area contributed by atoms with Crippen LogP contribution in [0.2, 0.25) is 0 Å². The highest BCUT2D eigenvalue weighted by Crippen LogP contribution is 2.48. The Balaban J connectivity index is 2.10. The molecule has 0 bridgehead atoms. The number of epoxide rings is 1. The van der Waals surface area contributed by atoms with E-state index in [-0.39, 0.29) is 5.60 Å². The fourth-order valence-electron chi connectivity index (χ4n) is 2.41. The summed E-state index contributed by atoms with van der Waals surface area (Å²) >= 11 is 0. The molecule has 2 aliphatic rings. The molecule has 0 aromatic heterocycles. The third-order valence-electron chi connectivity index (χ3n) is 3.33. The first kappa shape index (κ1) is 8.30. The van der Waals surface area contributed by atoms with Gasteiger partial charge in [0.2, 0.25) is 0 Å². The zero-order valence-electron chi connectivity index (χ0n) is 8.38. The van der Waals surface area contributed by atoms with Gasteiger partial charge < -0.3 is 9.47 Å². The molecule has 1 spiro atoms. The molecule has 0 saturated carbocycles. The van der Waals surface area contributed by atoms with Crippen molar-refractivity contribution >= 4 is 0 Å². The number of fused-ring (bicyclic) bond motifs is 2. The molecule has 0 radical (unpaired) electrons. The highest BCUT2D eigenvalue weighted by Gasteiger charge is 2.48. The Morgan fingerprint density at radius 1 is 1.43 bits per heavy atom. The molecule has 1 atom stereocenters. The van der Waals surface area contributed by atoms with Crippen LogP contribution in [0.3, 0.4) is 0 Å². The van der Waals surface area contributed by atoms with Gasteiger partial charge in [-0.1, -0.05) is 6.07 Å². The summed E-state index contributed by atoms with van der Waals surface area (Å²) < 4.78 is 10.9. The summed E-state index contributed by atoms with van der Waals surface area (Å²) in [6, 6.07) is 6.36. The van der Waals surface area contributed by atoms with Gasteiger partial charge >= 0.3 is 0 Å². The molecule has 1 unspecified atom stereocenters. The predicted octanol–water partition coefficient (Wildman–Crippen LogP) is 2.26. The maximum absolute atomic E-state index is 5.61. The fourth-order valence-corrected chi connectivity index (χ4v) is 2.41. The number of benzene rings is 1. The van der Waals surface area contributed by atoms with Crippen molar-refractivity contribution < 1.29 is 9.47 Å². The first-order valence-corrected chi connectivity index (χ1v) is 5.15. The van der Waals surface area contributed by atoms with Gasteiger partial charge in [0.1, 0.15) is 11.4 Å². The summed E-state index contributed by atoms with van der Waals surface area (Å²) in [5, 5.41) is 0. The van der Waals surface area contributed by atoms with Crippen LogP contribution in [-0.4, -0.2) is 13.7 Å². The average molecular weight is 190 g/mol. The Labute approximate surface area is 83.8 Å². The third-order valence-corrected chi connectivity index (χ3v) is 3.33. The zero-order chi connectivity index (χ0) is 9.60. The molecule has 3 rings (SSSR count). The van der Waals surface area contributed by atoms with E-state index in [2.05, 4.69) is 12.1 Å². The summed E-state index contributed by atoms with van der Waals surface area (Å²) in [5.74, 6) is 0.945. The molecular formula is C12H14O2. The maximum atomic E-state index is 5.61. The van der Waals surface area contributed by atoms with Gasteiger partial charge in [0, 0.05) is 0 Å². The van der Waals surface area contributed by atoms with E-state index >= 15 is 0 Å². The van der Waals surface area contributed by atoms with Crippen LogP contribution in [0.25, 0.3) is 0 Å². The number of aryl methyl sites for hydroxylation is 1. The maximum Gasteiger partial charge on any atom is 0.119 e. The Morgan fingerprint density at radius 2 is 2.29 bits per heavy atom. The SMILES string of the molecule is COc1ccc2c(c1)C1(CCC2)CO1. The number of rotatable bonds is 1. The second-order valence-corrected chi connectivity index (χ2v) is 4.16. The highest BCUT2D eigenvalue weighted by atomic mass is 16.6. The van der Waals surface area contributed by atoms with Crippen molar-refractivity contribution in [2.24, 2.45) is 0 Å². The van der Waals surface area contributed by atoms with E-state index in [1.54, 1.807) is 7.11 Å². The van der Waals surface area contributed by atoms with E-state index in [9.17, 15) is 0 Å². The van der Waals surface area contributed by atoms with Gasteiger partial charge in [-0.25, -0.2) is 0 Å². The second kappa shape index (κ2) is 2.74. The standard InChI is InChI=1S/C12H14O2/c1-13-10-5-4-9-3-2-6-12(8-14-12)11(9)7-10/h4-5,7H,2-3,6,8H2,1H3. The first-order chi connectivity index (χ1) is 6.84.